The van der Waals surface area contributed by atoms with Crippen LogP contribution in [0.4, 0.5) is 0 Å². The van der Waals surface area contributed by atoms with Gasteiger partial charge in [-0.1, -0.05) is 34.6 Å². The average Bonchev–Trinajstić information content (AvgIpc) is 2.35. The molecule has 7 nitrogen and oxygen atoms in total. The van der Waals surface area contributed by atoms with Crippen molar-refractivity contribution in [2.24, 2.45) is 0 Å². The fourth-order valence-electron chi connectivity index (χ4n) is 1.49. The SMILES string of the molecule is COC(=O)C[C@H](CC(=O)OP(=O)(O)C(C)C)O[Si](C)(C)C(C)(C)C. The summed E-state index contributed by atoms with van der Waals surface area (Å²) in [7, 11) is -5.00. The molecule has 0 aromatic carbocycles. The van der Waals surface area contributed by atoms with Crippen molar-refractivity contribution in [3.8, 4) is 0 Å². The Kier molecular flexibility index (Phi) is 8.36. The summed E-state index contributed by atoms with van der Waals surface area (Å²) in [6.45, 7) is 13.1. The van der Waals surface area contributed by atoms with Crippen LogP contribution in [0.2, 0.25) is 18.1 Å². The predicted octanol–water partition coefficient (Wildman–Crippen LogP) is 3.47. The predicted molar refractivity (Wildman–Crippen MR) is 94.4 cm³/mol. The van der Waals surface area contributed by atoms with Crippen molar-refractivity contribution in [3.63, 3.8) is 0 Å². The van der Waals surface area contributed by atoms with E-state index < -0.39 is 39.6 Å². The van der Waals surface area contributed by atoms with Gasteiger partial charge in [-0.2, -0.15) is 0 Å². The molecule has 0 bridgehead atoms. The van der Waals surface area contributed by atoms with Crippen LogP contribution in [0.3, 0.4) is 0 Å². The van der Waals surface area contributed by atoms with Crippen LogP contribution in [0.1, 0.15) is 47.5 Å². The Hall–Kier alpha value is -0.693. The van der Waals surface area contributed by atoms with Gasteiger partial charge in [0.15, 0.2) is 8.32 Å². The molecule has 2 atom stereocenters. The van der Waals surface area contributed by atoms with Gasteiger partial charge in [-0.15, -0.1) is 0 Å². The molecule has 0 rings (SSSR count). The van der Waals surface area contributed by atoms with E-state index in [9.17, 15) is 19.0 Å². The monoisotopic (exact) mass is 382 g/mol. The van der Waals surface area contributed by atoms with E-state index >= 15 is 0 Å². The Labute approximate surface area is 145 Å². The zero-order chi connectivity index (χ0) is 19.3. The van der Waals surface area contributed by atoms with Gasteiger partial charge in [0.05, 0.1) is 31.7 Å². The second-order valence-corrected chi connectivity index (χ2v) is 14.7. The largest absolute Gasteiger partial charge is 0.469 e. The molecule has 0 saturated heterocycles. The standard InChI is InChI=1S/C15H31O7PSi/c1-11(2)23(18,19)21-14(17)10-12(9-13(16)20-6)22-24(7,8)15(3,4)5/h11-12H,9-10H2,1-8H3,(H,18,19)/t12-/m1/s1. The lowest BCUT2D eigenvalue weighted by Crippen LogP contribution is -2.45. The van der Waals surface area contributed by atoms with Crippen molar-refractivity contribution in [1.82, 2.24) is 0 Å². The highest BCUT2D eigenvalue weighted by Gasteiger charge is 2.40. The van der Waals surface area contributed by atoms with Crippen molar-refractivity contribution in [1.29, 1.82) is 0 Å². The first kappa shape index (κ1) is 23.3. The average molecular weight is 382 g/mol. The number of carbonyl (C=O) groups is 2. The number of esters is 1. The summed E-state index contributed by atoms with van der Waals surface area (Å²) >= 11 is 0. The molecule has 0 heterocycles. The summed E-state index contributed by atoms with van der Waals surface area (Å²) in [5.41, 5.74) is -0.693. The number of carbonyl (C=O) groups excluding carboxylic acids is 2. The maximum Gasteiger partial charge on any atom is 0.381 e. The number of ether oxygens (including phenoxy) is 1. The molecular weight excluding hydrogens is 351 g/mol. The van der Waals surface area contributed by atoms with E-state index in [1.807, 2.05) is 33.9 Å². The molecule has 0 radical (unpaired) electrons. The third-order valence-electron chi connectivity index (χ3n) is 4.17. The summed E-state index contributed by atoms with van der Waals surface area (Å²) in [6, 6.07) is 0. The third-order valence-corrected chi connectivity index (χ3v) is 10.5. The second kappa shape index (κ2) is 8.60. The molecule has 0 saturated carbocycles. The first-order valence-electron chi connectivity index (χ1n) is 7.92. The van der Waals surface area contributed by atoms with E-state index in [1.54, 1.807) is 0 Å². The molecule has 1 N–H and O–H groups in total. The van der Waals surface area contributed by atoms with Crippen molar-refractivity contribution in [3.05, 3.63) is 0 Å². The molecule has 24 heavy (non-hydrogen) atoms. The number of methoxy groups -OCH3 is 1. The Morgan fingerprint density at radius 1 is 1.12 bits per heavy atom. The van der Waals surface area contributed by atoms with Crippen LogP contribution in [0, 0.1) is 0 Å². The Bertz CT molecular complexity index is 497. The van der Waals surface area contributed by atoms with Gasteiger partial charge >= 0.3 is 19.5 Å². The quantitative estimate of drug-likeness (QED) is 0.390. The highest BCUT2D eigenvalue weighted by atomic mass is 31.2. The lowest BCUT2D eigenvalue weighted by atomic mass is 10.2. The summed E-state index contributed by atoms with van der Waals surface area (Å²) < 4.78 is 27.2. The van der Waals surface area contributed by atoms with Crippen LogP contribution in [0.5, 0.6) is 0 Å². The van der Waals surface area contributed by atoms with E-state index in [0.717, 1.165) is 0 Å². The van der Waals surface area contributed by atoms with Gasteiger partial charge in [-0.05, 0) is 18.1 Å². The fourth-order valence-corrected chi connectivity index (χ4v) is 3.42. The molecule has 0 aliphatic carbocycles. The fraction of sp³-hybridized carbons (Fsp3) is 0.867. The second-order valence-electron chi connectivity index (χ2n) is 7.61. The molecule has 0 fully saturated rings. The molecular formula is C15H31O7PSi. The van der Waals surface area contributed by atoms with Crippen molar-refractivity contribution >= 4 is 27.9 Å². The highest BCUT2D eigenvalue weighted by molar-refractivity contribution is 7.54. The van der Waals surface area contributed by atoms with Gasteiger partial charge in [0.1, 0.15) is 0 Å². The van der Waals surface area contributed by atoms with Gasteiger partial charge in [-0.25, -0.2) is 4.57 Å². The van der Waals surface area contributed by atoms with Gasteiger partial charge in [0.2, 0.25) is 0 Å². The summed E-state index contributed by atoms with van der Waals surface area (Å²) in [5.74, 6) is -1.37. The topological polar surface area (TPSA) is 99.1 Å². The normalized spacial score (nSPS) is 16.4. The molecule has 142 valence electrons. The van der Waals surface area contributed by atoms with Crippen LogP contribution in [-0.2, 0) is 27.8 Å². The molecule has 0 amide bonds. The van der Waals surface area contributed by atoms with Gasteiger partial charge in [0, 0.05) is 0 Å². The molecule has 0 aromatic rings. The Morgan fingerprint density at radius 3 is 1.96 bits per heavy atom. The molecule has 0 spiro atoms. The molecule has 0 aliphatic heterocycles. The highest BCUT2D eigenvalue weighted by Crippen LogP contribution is 2.47. The van der Waals surface area contributed by atoms with E-state index in [1.165, 1.54) is 21.0 Å². The Balaban J connectivity index is 5.13. The zero-order valence-electron chi connectivity index (χ0n) is 15.9. The number of hydrogen-bond donors (Lipinski definition) is 1. The smallest absolute Gasteiger partial charge is 0.381 e. The molecule has 0 aromatic heterocycles. The molecule has 9 heteroatoms. The minimum absolute atomic E-state index is 0.116. The van der Waals surface area contributed by atoms with Crippen LogP contribution in [0.15, 0.2) is 0 Å². The maximum absolute atomic E-state index is 12.0. The first-order valence-corrected chi connectivity index (χ1v) is 12.5. The summed E-state index contributed by atoms with van der Waals surface area (Å²) in [5, 5.41) is -0.116. The van der Waals surface area contributed by atoms with E-state index in [0.29, 0.717) is 0 Å². The van der Waals surface area contributed by atoms with Crippen molar-refractivity contribution < 1.29 is 32.7 Å². The summed E-state index contributed by atoms with van der Waals surface area (Å²) in [4.78, 5) is 33.3. The van der Waals surface area contributed by atoms with E-state index in [-0.39, 0.29) is 17.9 Å². The van der Waals surface area contributed by atoms with Crippen LogP contribution >= 0.6 is 7.60 Å². The third kappa shape index (κ3) is 7.47. The number of hydrogen-bond acceptors (Lipinski definition) is 6. The van der Waals surface area contributed by atoms with Crippen molar-refractivity contribution in [2.45, 2.75) is 77.4 Å². The Morgan fingerprint density at radius 2 is 1.58 bits per heavy atom. The maximum atomic E-state index is 12.0. The molecule has 0 aliphatic rings. The van der Waals surface area contributed by atoms with Crippen LogP contribution < -0.4 is 0 Å². The minimum Gasteiger partial charge on any atom is -0.469 e. The van der Waals surface area contributed by atoms with E-state index in [2.05, 4.69) is 4.74 Å². The van der Waals surface area contributed by atoms with Crippen molar-refractivity contribution in [2.75, 3.05) is 7.11 Å². The van der Waals surface area contributed by atoms with Gasteiger partial charge < -0.3 is 18.6 Å². The summed E-state index contributed by atoms with van der Waals surface area (Å²) in [6.07, 6.45) is -1.15. The molecule has 1 unspecified atom stereocenters. The first-order chi connectivity index (χ1) is 10.6. The zero-order valence-corrected chi connectivity index (χ0v) is 17.8. The lowest BCUT2D eigenvalue weighted by molar-refractivity contribution is -0.144. The van der Waals surface area contributed by atoms with Crippen LogP contribution in [-0.4, -0.2) is 44.0 Å². The van der Waals surface area contributed by atoms with E-state index in [4.69, 9.17) is 8.95 Å². The van der Waals surface area contributed by atoms with Gasteiger partial charge in [-0.3, -0.25) is 9.59 Å². The van der Waals surface area contributed by atoms with Crippen LogP contribution in [0.25, 0.3) is 0 Å². The van der Waals surface area contributed by atoms with Gasteiger partial charge in [0.25, 0.3) is 0 Å². The minimum atomic E-state index is -4.01. The lowest BCUT2D eigenvalue weighted by Gasteiger charge is -2.39. The number of rotatable bonds is 8.